The Kier molecular flexibility index (Phi) is 5.10. The average molecular weight is 276 g/mol. The Morgan fingerprint density at radius 2 is 2.40 bits per heavy atom. The van der Waals surface area contributed by atoms with E-state index in [4.69, 9.17) is 10.5 Å². The van der Waals surface area contributed by atoms with Crippen molar-refractivity contribution in [3.63, 3.8) is 0 Å². The first-order chi connectivity index (χ1) is 9.70. The molecular weight excluding hydrogens is 259 g/mol. The van der Waals surface area contributed by atoms with Gasteiger partial charge in [-0.3, -0.25) is 4.79 Å². The van der Waals surface area contributed by atoms with Crippen molar-refractivity contribution in [3.05, 3.63) is 29.6 Å². The highest BCUT2D eigenvalue weighted by molar-refractivity contribution is 5.92. The first-order valence-electron chi connectivity index (χ1n) is 6.58. The Morgan fingerprint density at radius 3 is 3.05 bits per heavy atom. The molecule has 0 saturated carbocycles. The SMILES string of the molecule is NCC#Cc1ccc(NC(=O)C2CCCOC2)c(F)c1. The zero-order valence-electron chi connectivity index (χ0n) is 11.1. The highest BCUT2D eigenvalue weighted by Crippen LogP contribution is 2.19. The van der Waals surface area contributed by atoms with Crippen molar-refractivity contribution in [1.82, 2.24) is 0 Å². The Balaban J connectivity index is 2.03. The van der Waals surface area contributed by atoms with Crippen LogP contribution in [-0.2, 0) is 9.53 Å². The van der Waals surface area contributed by atoms with Gasteiger partial charge in [0.25, 0.3) is 0 Å². The summed E-state index contributed by atoms with van der Waals surface area (Å²) in [6, 6.07) is 4.45. The molecule has 1 atom stereocenters. The molecule has 5 heteroatoms. The molecule has 1 saturated heterocycles. The van der Waals surface area contributed by atoms with E-state index in [0.717, 1.165) is 12.8 Å². The maximum atomic E-state index is 13.9. The lowest BCUT2D eigenvalue weighted by molar-refractivity contribution is -0.123. The molecule has 0 aliphatic carbocycles. The summed E-state index contributed by atoms with van der Waals surface area (Å²) in [5.41, 5.74) is 5.96. The van der Waals surface area contributed by atoms with Crippen molar-refractivity contribution in [2.24, 2.45) is 11.7 Å². The van der Waals surface area contributed by atoms with Crippen LogP contribution in [0, 0.1) is 23.6 Å². The number of carbonyl (C=O) groups excluding carboxylic acids is 1. The summed E-state index contributed by atoms with van der Waals surface area (Å²) in [7, 11) is 0. The summed E-state index contributed by atoms with van der Waals surface area (Å²) in [5.74, 6) is 4.48. The number of halogens is 1. The molecule has 1 heterocycles. The van der Waals surface area contributed by atoms with Gasteiger partial charge in [-0.15, -0.1) is 0 Å². The van der Waals surface area contributed by atoms with Gasteiger partial charge in [-0.1, -0.05) is 11.8 Å². The van der Waals surface area contributed by atoms with E-state index in [9.17, 15) is 9.18 Å². The Labute approximate surface area is 117 Å². The van der Waals surface area contributed by atoms with E-state index in [0.29, 0.717) is 18.8 Å². The molecular formula is C15H17FN2O2. The number of ether oxygens (including phenoxy) is 1. The van der Waals surface area contributed by atoms with Gasteiger partial charge in [-0.05, 0) is 31.0 Å². The molecule has 1 fully saturated rings. The molecule has 0 bridgehead atoms. The Morgan fingerprint density at radius 1 is 1.55 bits per heavy atom. The molecule has 1 unspecified atom stereocenters. The lowest BCUT2D eigenvalue weighted by Gasteiger charge is -2.21. The number of nitrogens with one attached hydrogen (secondary N) is 1. The summed E-state index contributed by atoms with van der Waals surface area (Å²) in [4.78, 5) is 12.0. The van der Waals surface area contributed by atoms with E-state index in [1.807, 2.05) is 0 Å². The summed E-state index contributed by atoms with van der Waals surface area (Å²) in [5, 5.41) is 2.60. The van der Waals surface area contributed by atoms with Crippen LogP contribution in [0.2, 0.25) is 0 Å². The predicted molar refractivity (Wildman–Crippen MR) is 74.5 cm³/mol. The first-order valence-corrected chi connectivity index (χ1v) is 6.58. The van der Waals surface area contributed by atoms with E-state index >= 15 is 0 Å². The number of anilines is 1. The van der Waals surface area contributed by atoms with Gasteiger partial charge in [-0.2, -0.15) is 0 Å². The standard InChI is InChI=1S/C15H17FN2O2/c16-13-9-11(3-1-7-17)5-6-14(13)18-15(19)12-4-2-8-20-10-12/h5-6,9,12H,2,4,7-8,10,17H2,(H,18,19). The Bertz CT molecular complexity index is 543. The van der Waals surface area contributed by atoms with Crippen molar-refractivity contribution in [3.8, 4) is 11.8 Å². The molecule has 3 N–H and O–H groups in total. The lowest BCUT2D eigenvalue weighted by atomic mass is 10.0. The second-order valence-corrected chi connectivity index (χ2v) is 4.60. The van der Waals surface area contributed by atoms with E-state index in [-0.39, 0.29) is 24.1 Å². The van der Waals surface area contributed by atoms with E-state index in [1.165, 1.54) is 12.1 Å². The lowest BCUT2D eigenvalue weighted by Crippen LogP contribution is -2.30. The minimum atomic E-state index is -0.501. The molecule has 1 aliphatic rings. The number of benzene rings is 1. The van der Waals surface area contributed by atoms with Gasteiger partial charge in [0, 0.05) is 12.2 Å². The fraction of sp³-hybridized carbons (Fsp3) is 0.400. The summed E-state index contributed by atoms with van der Waals surface area (Å²) >= 11 is 0. The number of hydrogen-bond donors (Lipinski definition) is 2. The Hall–Kier alpha value is -1.90. The van der Waals surface area contributed by atoms with Crippen LogP contribution in [0.1, 0.15) is 18.4 Å². The summed E-state index contributed by atoms with van der Waals surface area (Å²) < 4.78 is 19.1. The molecule has 0 spiro atoms. The largest absolute Gasteiger partial charge is 0.381 e. The molecule has 1 amide bonds. The van der Waals surface area contributed by atoms with Gasteiger partial charge in [0.05, 0.1) is 24.8 Å². The van der Waals surface area contributed by atoms with Crippen molar-refractivity contribution in [2.75, 3.05) is 25.1 Å². The fourth-order valence-corrected chi connectivity index (χ4v) is 2.03. The average Bonchev–Trinajstić information content (AvgIpc) is 2.48. The summed E-state index contributed by atoms with van der Waals surface area (Å²) in [6.45, 7) is 1.31. The van der Waals surface area contributed by atoms with Gasteiger partial charge >= 0.3 is 0 Å². The van der Waals surface area contributed by atoms with Crippen LogP contribution in [-0.4, -0.2) is 25.7 Å². The number of hydrogen-bond acceptors (Lipinski definition) is 3. The maximum Gasteiger partial charge on any atom is 0.229 e. The first kappa shape index (κ1) is 14.5. The smallest absolute Gasteiger partial charge is 0.229 e. The topological polar surface area (TPSA) is 64.3 Å². The molecule has 1 aliphatic heterocycles. The number of carbonyl (C=O) groups is 1. The van der Waals surface area contributed by atoms with Gasteiger partial charge < -0.3 is 15.8 Å². The van der Waals surface area contributed by atoms with Crippen LogP contribution in [0.25, 0.3) is 0 Å². The third-order valence-corrected chi connectivity index (χ3v) is 3.09. The quantitative estimate of drug-likeness (QED) is 0.805. The normalized spacial score (nSPS) is 18.0. The predicted octanol–water partition coefficient (Wildman–Crippen LogP) is 1.50. The van der Waals surface area contributed by atoms with Crippen molar-refractivity contribution in [1.29, 1.82) is 0 Å². The highest BCUT2D eigenvalue weighted by Gasteiger charge is 2.22. The van der Waals surface area contributed by atoms with E-state index in [1.54, 1.807) is 6.07 Å². The molecule has 1 aromatic rings. The van der Waals surface area contributed by atoms with Crippen LogP contribution in [0.4, 0.5) is 10.1 Å². The number of rotatable bonds is 2. The zero-order valence-corrected chi connectivity index (χ0v) is 11.1. The van der Waals surface area contributed by atoms with Crippen LogP contribution in [0.3, 0.4) is 0 Å². The fourth-order valence-electron chi connectivity index (χ4n) is 2.03. The number of amides is 1. The minimum Gasteiger partial charge on any atom is -0.381 e. The highest BCUT2D eigenvalue weighted by atomic mass is 19.1. The van der Waals surface area contributed by atoms with Gasteiger partial charge in [0.15, 0.2) is 0 Å². The summed E-state index contributed by atoms with van der Waals surface area (Å²) in [6.07, 6.45) is 1.63. The molecule has 106 valence electrons. The maximum absolute atomic E-state index is 13.9. The molecule has 20 heavy (non-hydrogen) atoms. The van der Waals surface area contributed by atoms with Crippen LogP contribution >= 0.6 is 0 Å². The van der Waals surface area contributed by atoms with Crippen molar-refractivity contribution >= 4 is 11.6 Å². The molecule has 4 nitrogen and oxygen atoms in total. The zero-order chi connectivity index (χ0) is 14.4. The monoisotopic (exact) mass is 276 g/mol. The van der Waals surface area contributed by atoms with Crippen LogP contribution in [0.15, 0.2) is 18.2 Å². The van der Waals surface area contributed by atoms with Gasteiger partial charge in [0.1, 0.15) is 5.82 Å². The second-order valence-electron chi connectivity index (χ2n) is 4.60. The third kappa shape index (κ3) is 3.80. The van der Waals surface area contributed by atoms with Gasteiger partial charge in [-0.25, -0.2) is 4.39 Å². The molecule has 0 radical (unpaired) electrons. The second kappa shape index (κ2) is 7.04. The number of nitrogens with two attached hydrogens (primary N) is 1. The minimum absolute atomic E-state index is 0.166. The van der Waals surface area contributed by atoms with E-state index < -0.39 is 5.82 Å². The van der Waals surface area contributed by atoms with Crippen molar-refractivity contribution < 1.29 is 13.9 Å². The van der Waals surface area contributed by atoms with Gasteiger partial charge in [0.2, 0.25) is 5.91 Å². The van der Waals surface area contributed by atoms with E-state index in [2.05, 4.69) is 17.2 Å². The van der Waals surface area contributed by atoms with Crippen LogP contribution < -0.4 is 11.1 Å². The third-order valence-electron chi connectivity index (χ3n) is 3.09. The van der Waals surface area contributed by atoms with Crippen molar-refractivity contribution in [2.45, 2.75) is 12.8 Å². The molecule has 1 aromatic carbocycles. The molecule has 0 aromatic heterocycles. The molecule has 2 rings (SSSR count). The van der Waals surface area contributed by atoms with Crippen LogP contribution in [0.5, 0.6) is 0 Å².